The van der Waals surface area contributed by atoms with Crippen molar-refractivity contribution in [3.63, 3.8) is 0 Å². The largest absolute Gasteiger partial charge is 0.383 e. The van der Waals surface area contributed by atoms with Crippen LogP contribution in [0, 0.1) is 16.8 Å². The van der Waals surface area contributed by atoms with Gasteiger partial charge in [-0.05, 0) is 78.1 Å². The van der Waals surface area contributed by atoms with Crippen LogP contribution in [0.1, 0.15) is 47.5 Å². The molecule has 0 radical (unpaired) electrons. The molecule has 1 unspecified atom stereocenters. The minimum atomic E-state index is -1.02. The highest BCUT2D eigenvalue weighted by atomic mass is 32.2. The van der Waals surface area contributed by atoms with Gasteiger partial charge in [-0.25, -0.2) is 34.7 Å². The van der Waals surface area contributed by atoms with Crippen molar-refractivity contribution in [2.24, 2.45) is 5.92 Å². The van der Waals surface area contributed by atoms with Gasteiger partial charge in [0, 0.05) is 44.9 Å². The van der Waals surface area contributed by atoms with E-state index in [1.165, 1.54) is 42.1 Å². The molecule has 7 aromatic heterocycles. The second-order valence-corrected chi connectivity index (χ2v) is 22.8. The molecule has 0 saturated carbocycles. The third-order valence-electron chi connectivity index (χ3n) is 11.8. The number of hydrogen-bond donors (Lipinski definition) is 10. The number of H-pyrrole nitrogens is 4. The van der Waals surface area contributed by atoms with Crippen LogP contribution in [0.15, 0.2) is 125 Å². The number of benzene rings is 3. The molecule has 11 rings (SSSR count). The average molecular weight is 1180 g/mol. The van der Waals surface area contributed by atoms with Crippen molar-refractivity contribution in [2.75, 3.05) is 16.0 Å². The van der Waals surface area contributed by atoms with E-state index in [1.807, 2.05) is 67.6 Å². The van der Waals surface area contributed by atoms with Crippen molar-refractivity contribution in [1.82, 2.24) is 76.1 Å². The Hall–Kier alpha value is -8.48. The summed E-state index contributed by atoms with van der Waals surface area (Å²) in [6.45, 7) is 5.53. The Labute approximate surface area is 482 Å². The lowest BCUT2D eigenvalue weighted by Gasteiger charge is -2.22. The number of nitrogens with zero attached hydrogens (tertiary/aromatic N) is 9. The molecular weight excluding hydrogens is 1130 g/mol. The van der Waals surface area contributed by atoms with Gasteiger partial charge in [0.15, 0.2) is 20.9 Å². The van der Waals surface area contributed by atoms with Crippen LogP contribution in [0.3, 0.4) is 0 Å². The predicted molar refractivity (Wildman–Crippen MR) is 313 cm³/mol. The number of aromatic amines is 4. The summed E-state index contributed by atoms with van der Waals surface area (Å²) in [7, 11) is 0. The molecule has 1 saturated heterocycles. The lowest BCUT2D eigenvalue weighted by atomic mass is 10.1. The third-order valence-corrected chi connectivity index (χ3v) is 16.3. The molecule has 24 nitrogen and oxygen atoms in total. The number of carbonyl (C=O) groups excluding carboxylic acids is 5. The van der Waals surface area contributed by atoms with Gasteiger partial charge in [0.1, 0.15) is 46.2 Å². The number of aliphatic hydroxyl groups is 1. The first-order valence-electron chi connectivity index (χ1n) is 24.7. The van der Waals surface area contributed by atoms with Gasteiger partial charge in [-0.15, -0.1) is 46.6 Å². The lowest BCUT2D eigenvalue weighted by Crippen LogP contribution is -2.56. The minimum absolute atomic E-state index is 0.0611. The van der Waals surface area contributed by atoms with Gasteiger partial charge in [-0.2, -0.15) is 15.3 Å². The summed E-state index contributed by atoms with van der Waals surface area (Å²) >= 11 is 11.3. The number of aryl methyl sites for hydroxylation is 1. The van der Waals surface area contributed by atoms with Crippen LogP contribution >= 0.6 is 58.8 Å². The molecular formula is C52H50N18O6S5. The smallest absolute Gasteiger partial charge is 0.322 e. The number of carbonyl (C=O) groups is 5. The number of amides is 6. The first kappa shape index (κ1) is 57.2. The third kappa shape index (κ3) is 15.7. The van der Waals surface area contributed by atoms with Crippen LogP contribution in [0.5, 0.6) is 0 Å². The highest BCUT2D eigenvalue weighted by Gasteiger charge is 2.29. The van der Waals surface area contributed by atoms with Gasteiger partial charge in [-0.3, -0.25) is 39.8 Å². The first-order valence-corrected chi connectivity index (χ1v) is 28.9. The summed E-state index contributed by atoms with van der Waals surface area (Å²) in [6.07, 6.45) is 8.83. The molecule has 2 atom stereocenters. The van der Waals surface area contributed by atoms with E-state index >= 15 is 0 Å². The number of hydrogen-bond acceptors (Lipinski definition) is 20. The molecule has 29 heteroatoms. The molecule has 0 aliphatic carbocycles. The van der Waals surface area contributed by atoms with Crippen molar-refractivity contribution in [2.45, 2.75) is 78.1 Å². The topological polar surface area (TPSA) is 345 Å². The summed E-state index contributed by atoms with van der Waals surface area (Å²) in [5.74, 6) is 0.531. The molecule has 0 spiro atoms. The number of rotatable bonds is 17. The standard InChI is InChI=1S/C18H16N6OS3.C17H15N7O3S.C17H19N5O2S/c1-10-14(28-18(26)22-10)6-15(25)23-12-4-2-3-11(5-12)8-27-17-13-7-21-24-16(13)19-9-20-17;25-13-5-12(22-17(27)23-13)15(26)21-10-3-1-2-9(4-10)7-28-16-11-6-20-24-14(11)18-8-19-16;1-10(2)14(23)16(24)21-12-5-3-4-11(6-12)8-25-17-13-7-20-22-15(13)18-9-19-17/h2-5,7,9H,6,8H2,1H3,(H,22,26)(H,23,25)(H,19,20,21,24);1-4,6,8,12H,5,7H2,(H,21,26)(H,18,19,20,24)(H2,22,23,25,27);3-7,9-10,14,23H,8H2,1-2H3,(H,21,24)(H,18,19,20,22)/t;;14-/m..1/s1. The van der Waals surface area contributed by atoms with E-state index in [0.29, 0.717) is 44.5 Å². The molecule has 3 aromatic carbocycles. The fourth-order valence-corrected chi connectivity index (χ4v) is 11.7. The van der Waals surface area contributed by atoms with E-state index in [9.17, 15) is 29.1 Å². The zero-order valence-electron chi connectivity index (χ0n) is 43.2. The second-order valence-electron chi connectivity index (χ2n) is 18.1. The van der Waals surface area contributed by atoms with Crippen LogP contribution in [0.4, 0.5) is 21.9 Å². The zero-order valence-corrected chi connectivity index (χ0v) is 47.3. The molecule has 414 valence electrons. The number of aromatic nitrogens is 13. The quantitative estimate of drug-likeness (QED) is 0.0234. The molecule has 81 heavy (non-hydrogen) atoms. The minimum Gasteiger partial charge on any atom is -0.383 e. The van der Waals surface area contributed by atoms with E-state index in [2.05, 4.69) is 92.1 Å². The molecule has 1 aliphatic rings. The molecule has 6 amide bonds. The number of imide groups is 1. The maximum atomic E-state index is 12.4. The monoisotopic (exact) mass is 1180 g/mol. The normalized spacial score (nSPS) is 13.4. The van der Waals surface area contributed by atoms with Gasteiger partial charge in [0.05, 0.1) is 47.6 Å². The Morgan fingerprint density at radius 3 is 1.57 bits per heavy atom. The number of thiazole rings is 1. The fourth-order valence-electron chi connectivity index (χ4n) is 7.72. The highest BCUT2D eigenvalue weighted by Crippen LogP contribution is 2.30. The van der Waals surface area contributed by atoms with Crippen LogP contribution in [0.2, 0.25) is 0 Å². The van der Waals surface area contributed by atoms with Gasteiger partial charge < -0.3 is 31.4 Å². The number of nitrogens with one attached hydrogen (secondary N) is 9. The van der Waals surface area contributed by atoms with Gasteiger partial charge in [0.2, 0.25) is 17.7 Å². The highest BCUT2D eigenvalue weighted by molar-refractivity contribution is 7.99. The molecule has 1 aliphatic heterocycles. The molecule has 8 heterocycles. The number of fused-ring (bicyclic) bond motifs is 3. The SMILES string of the molecule is CC(C)[C@@H](O)C(=O)Nc1cccc(CSc2ncnc3[nH]ncc23)c1.Cc1[nH]c(=S)sc1CC(=O)Nc1cccc(CSc2ncnc3[nH]ncc23)c1.O=C1CC(C(=O)Nc2cccc(CSc3ncnc4[nH]ncc34)c2)NC(=O)N1. The van der Waals surface area contributed by atoms with E-state index in [1.54, 1.807) is 68.1 Å². The van der Waals surface area contributed by atoms with Crippen LogP contribution in [0.25, 0.3) is 33.1 Å². The van der Waals surface area contributed by atoms with E-state index < -0.39 is 35.9 Å². The summed E-state index contributed by atoms with van der Waals surface area (Å²) < 4.78 is 0.691. The number of urea groups is 1. The Balaban J connectivity index is 0.000000147. The molecule has 10 aromatic rings. The van der Waals surface area contributed by atoms with E-state index in [-0.39, 0.29) is 18.2 Å². The van der Waals surface area contributed by atoms with Crippen molar-refractivity contribution in [1.29, 1.82) is 0 Å². The second kappa shape index (κ2) is 27.1. The Morgan fingerprint density at radius 1 is 0.679 bits per heavy atom. The first-order chi connectivity index (χ1) is 39.2. The van der Waals surface area contributed by atoms with E-state index in [4.69, 9.17) is 12.2 Å². The number of aliphatic hydroxyl groups excluding tert-OH is 1. The Morgan fingerprint density at radius 2 is 1.14 bits per heavy atom. The number of anilines is 3. The van der Waals surface area contributed by atoms with E-state index in [0.717, 1.165) is 75.6 Å². The zero-order chi connectivity index (χ0) is 56.8. The van der Waals surface area contributed by atoms with Crippen molar-refractivity contribution in [3.8, 4) is 0 Å². The Kier molecular flexibility index (Phi) is 19.2. The summed E-state index contributed by atoms with van der Waals surface area (Å²) in [6, 6.07) is 21.2. The molecule has 0 bridgehead atoms. The van der Waals surface area contributed by atoms with Crippen LogP contribution in [-0.2, 0) is 42.9 Å². The van der Waals surface area contributed by atoms with Crippen LogP contribution in [-0.4, -0.2) is 112 Å². The maximum Gasteiger partial charge on any atom is 0.322 e. The summed E-state index contributed by atoms with van der Waals surface area (Å²) in [4.78, 5) is 88.7. The van der Waals surface area contributed by atoms with Gasteiger partial charge in [0.25, 0.3) is 5.91 Å². The van der Waals surface area contributed by atoms with Gasteiger partial charge in [-0.1, -0.05) is 50.2 Å². The molecule has 10 N–H and O–H groups in total. The summed E-state index contributed by atoms with van der Waals surface area (Å²) in [5, 5.41) is 48.4. The van der Waals surface area contributed by atoms with Crippen molar-refractivity contribution < 1.29 is 29.1 Å². The van der Waals surface area contributed by atoms with Crippen molar-refractivity contribution in [3.05, 3.63) is 142 Å². The fraction of sp³-hybridized carbons (Fsp3) is 0.212. The summed E-state index contributed by atoms with van der Waals surface area (Å²) in [5.41, 5.74) is 8.19. The van der Waals surface area contributed by atoms with Crippen LogP contribution < -0.4 is 26.6 Å². The average Bonchev–Trinajstić information content (AvgIpc) is 4.39. The predicted octanol–water partition coefficient (Wildman–Crippen LogP) is 8.04. The van der Waals surface area contributed by atoms with Crippen molar-refractivity contribution >= 4 is 139 Å². The lowest BCUT2D eigenvalue weighted by molar-refractivity contribution is -0.126. The maximum absolute atomic E-state index is 12.4. The Bertz CT molecular complexity index is 3920. The molecule has 1 fully saturated rings. The van der Waals surface area contributed by atoms with Gasteiger partial charge >= 0.3 is 6.03 Å². The number of thioether (sulfide) groups is 3.